The van der Waals surface area contributed by atoms with Gasteiger partial charge in [-0.15, -0.1) is 22.7 Å². The molecule has 0 bridgehead atoms. The van der Waals surface area contributed by atoms with Crippen molar-refractivity contribution in [2.75, 3.05) is 14.2 Å². The minimum Gasteiger partial charge on any atom is -0.497 e. The number of carbonyl (C=O) groups is 1. The van der Waals surface area contributed by atoms with Crippen molar-refractivity contribution in [1.82, 2.24) is 4.72 Å². The first kappa shape index (κ1) is 23.2. The van der Waals surface area contributed by atoms with Gasteiger partial charge in [-0.1, -0.05) is 18.2 Å². The molecule has 6 nitrogen and oxygen atoms in total. The second-order valence-electron chi connectivity index (χ2n) is 6.60. The summed E-state index contributed by atoms with van der Waals surface area (Å²) in [6, 6.07) is 13.1. The van der Waals surface area contributed by atoms with E-state index in [4.69, 9.17) is 9.47 Å². The number of thiophene rings is 2. The van der Waals surface area contributed by atoms with Crippen molar-refractivity contribution in [3.63, 3.8) is 0 Å². The summed E-state index contributed by atoms with van der Waals surface area (Å²) < 4.78 is 39.0. The van der Waals surface area contributed by atoms with Gasteiger partial charge in [0.1, 0.15) is 5.75 Å². The van der Waals surface area contributed by atoms with Gasteiger partial charge in [-0.3, -0.25) is 4.79 Å². The molecule has 2 aromatic heterocycles. The number of nitrogens with one attached hydrogen (secondary N) is 1. The van der Waals surface area contributed by atoms with Crippen LogP contribution in [0.15, 0.2) is 70.3 Å². The van der Waals surface area contributed by atoms with Crippen molar-refractivity contribution in [3.05, 3.63) is 75.1 Å². The number of rotatable bonds is 10. The lowest BCUT2D eigenvalue weighted by atomic mass is 9.94. The van der Waals surface area contributed by atoms with Gasteiger partial charge >= 0.3 is 5.97 Å². The summed E-state index contributed by atoms with van der Waals surface area (Å²) in [5.74, 6) is -0.261. The average Bonchev–Trinajstić information content (AvgIpc) is 3.49. The van der Waals surface area contributed by atoms with Gasteiger partial charge in [0.15, 0.2) is 0 Å². The van der Waals surface area contributed by atoms with Crippen molar-refractivity contribution in [2.24, 2.45) is 0 Å². The molecule has 0 amide bonds. The van der Waals surface area contributed by atoms with E-state index in [0.717, 1.165) is 9.75 Å². The van der Waals surface area contributed by atoms with Crippen LogP contribution in [0.3, 0.4) is 0 Å². The van der Waals surface area contributed by atoms with Crippen molar-refractivity contribution in [2.45, 2.75) is 23.3 Å². The van der Waals surface area contributed by atoms with Crippen LogP contribution >= 0.6 is 22.7 Å². The Morgan fingerprint density at radius 3 is 2.35 bits per heavy atom. The van der Waals surface area contributed by atoms with Gasteiger partial charge in [0.25, 0.3) is 0 Å². The van der Waals surface area contributed by atoms with Crippen LogP contribution in [0.2, 0.25) is 0 Å². The molecular formula is C22H23NO5S3. The number of hydrogen-bond donors (Lipinski definition) is 1. The lowest BCUT2D eigenvalue weighted by Crippen LogP contribution is -2.38. The van der Waals surface area contributed by atoms with E-state index in [9.17, 15) is 13.2 Å². The second kappa shape index (κ2) is 10.7. The monoisotopic (exact) mass is 477 g/mol. The van der Waals surface area contributed by atoms with Gasteiger partial charge in [0.05, 0.1) is 25.5 Å². The molecule has 3 rings (SSSR count). The van der Waals surface area contributed by atoms with E-state index in [1.54, 1.807) is 29.5 Å². The smallest absolute Gasteiger partial charge is 0.306 e. The molecule has 3 aromatic rings. The maximum absolute atomic E-state index is 13.1. The van der Waals surface area contributed by atoms with Crippen LogP contribution in [0.1, 0.15) is 22.1 Å². The molecule has 2 heterocycles. The minimum atomic E-state index is -3.85. The summed E-state index contributed by atoms with van der Waals surface area (Å²) in [6.45, 7) is 0. The zero-order valence-corrected chi connectivity index (χ0v) is 19.5. The minimum absolute atomic E-state index is 0.0432. The molecule has 31 heavy (non-hydrogen) atoms. The van der Waals surface area contributed by atoms with E-state index in [-0.39, 0.29) is 11.3 Å². The van der Waals surface area contributed by atoms with E-state index in [1.807, 2.05) is 41.1 Å². The van der Waals surface area contributed by atoms with Crippen molar-refractivity contribution < 1.29 is 22.7 Å². The predicted molar refractivity (Wildman–Crippen MR) is 124 cm³/mol. The molecule has 1 aromatic carbocycles. The van der Waals surface area contributed by atoms with E-state index in [1.165, 1.54) is 37.7 Å². The van der Waals surface area contributed by atoms with Gasteiger partial charge < -0.3 is 9.47 Å². The van der Waals surface area contributed by atoms with Crippen LogP contribution < -0.4 is 9.46 Å². The average molecular weight is 478 g/mol. The fraction of sp³-hybridized carbons (Fsp3) is 0.227. The molecule has 0 spiro atoms. The molecule has 0 saturated carbocycles. The fourth-order valence-corrected chi connectivity index (χ4v) is 5.75. The van der Waals surface area contributed by atoms with Crippen molar-refractivity contribution >= 4 is 44.7 Å². The van der Waals surface area contributed by atoms with Gasteiger partial charge in [-0.2, -0.15) is 0 Å². The van der Waals surface area contributed by atoms with Crippen LogP contribution in [0, 0.1) is 0 Å². The number of ether oxygens (including phenoxy) is 2. The molecule has 0 radical (unpaired) electrons. The number of carbonyl (C=O) groups excluding carboxylic acids is 1. The number of esters is 1. The third kappa shape index (κ3) is 6.27. The van der Waals surface area contributed by atoms with E-state index >= 15 is 0 Å². The van der Waals surface area contributed by atoms with Crippen LogP contribution in [0.25, 0.3) is 6.08 Å². The van der Waals surface area contributed by atoms with E-state index < -0.39 is 28.0 Å². The fourth-order valence-electron chi connectivity index (χ4n) is 3.01. The van der Waals surface area contributed by atoms with Crippen LogP contribution in [0.5, 0.6) is 5.75 Å². The molecule has 0 saturated heterocycles. The second-order valence-corrected chi connectivity index (χ2v) is 10.3. The normalized spacial score (nSPS) is 13.7. The molecule has 0 aliphatic heterocycles. The summed E-state index contributed by atoms with van der Waals surface area (Å²) in [5, 5.41) is 3.85. The molecule has 0 aliphatic carbocycles. The molecular weight excluding hydrogens is 454 g/mol. The summed E-state index contributed by atoms with van der Waals surface area (Å²) in [5.41, 5.74) is 0. The zero-order chi connectivity index (χ0) is 22.3. The Bertz CT molecular complexity index is 1090. The largest absolute Gasteiger partial charge is 0.497 e. The Balaban J connectivity index is 1.96. The highest BCUT2D eigenvalue weighted by atomic mass is 32.2. The molecule has 164 valence electrons. The maximum Gasteiger partial charge on any atom is 0.306 e. The quantitative estimate of drug-likeness (QED) is 0.434. The Kier molecular flexibility index (Phi) is 8.03. The standard InChI is InChI=1S/C22H23NO5S3/c1-27-16-7-10-18(11-8-16)31(25,26)23-20(12-9-17-5-3-13-29-17)19(15-22(24)28-2)21-6-4-14-30-21/h3-14,19-20,23H,15H2,1-2H3/b12-9+/t19-,20-/m1/s1. The molecule has 0 unspecified atom stereocenters. The van der Waals surface area contributed by atoms with E-state index in [0.29, 0.717) is 5.75 Å². The van der Waals surface area contributed by atoms with Gasteiger partial charge in [-0.05, 0) is 53.2 Å². The van der Waals surface area contributed by atoms with E-state index in [2.05, 4.69) is 4.72 Å². The lowest BCUT2D eigenvalue weighted by molar-refractivity contribution is -0.141. The summed E-state index contributed by atoms with van der Waals surface area (Å²) in [6.07, 6.45) is 3.70. The van der Waals surface area contributed by atoms with Gasteiger partial charge in [0, 0.05) is 21.7 Å². The first-order valence-electron chi connectivity index (χ1n) is 9.41. The molecule has 2 atom stereocenters. The van der Waals surface area contributed by atoms with Gasteiger partial charge in [0.2, 0.25) is 10.0 Å². The topological polar surface area (TPSA) is 81.7 Å². The number of hydrogen-bond acceptors (Lipinski definition) is 7. The summed E-state index contributed by atoms with van der Waals surface area (Å²) in [7, 11) is -1.01. The molecule has 0 fully saturated rings. The molecule has 0 aliphatic rings. The highest BCUT2D eigenvalue weighted by molar-refractivity contribution is 7.89. The zero-order valence-electron chi connectivity index (χ0n) is 17.1. The third-order valence-corrected chi connectivity index (χ3v) is 7.95. The molecule has 9 heteroatoms. The number of sulfonamides is 1. The Hall–Kier alpha value is -2.46. The Morgan fingerprint density at radius 2 is 1.77 bits per heavy atom. The van der Waals surface area contributed by atoms with Crippen LogP contribution in [0.4, 0.5) is 0 Å². The lowest BCUT2D eigenvalue weighted by Gasteiger charge is -2.24. The number of benzene rings is 1. The summed E-state index contributed by atoms with van der Waals surface area (Å²) in [4.78, 5) is 14.1. The highest BCUT2D eigenvalue weighted by Crippen LogP contribution is 2.31. The molecule has 1 N–H and O–H groups in total. The third-order valence-electron chi connectivity index (χ3n) is 4.63. The Labute approximate surface area is 190 Å². The van der Waals surface area contributed by atoms with Crippen LogP contribution in [-0.4, -0.2) is 34.6 Å². The first-order valence-corrected chi connectivity index (χ1v) is 12.7. The number of methoxy groups -OCH3 is 2. The van der Waals surface area contributed by atoms with Crippen LogP contribution in [-0.2, 0) is 19.6 Å². The van der Waals surface area contributed by atoms with Crippen molar-refractivity contribution in [1.29, 1.82) is 0 Å². The first-order chi connectivity index (χ1) is 14.9. The predicted octanol–water partition coefficient (Wildman–Crippen LogP) is 4.53. The van der Waals surface area contributed by atoms with Gasteiger partial charge in [-0.25, -0.2) is 13.1 Å². The SMILES string of the molecule is COC(=O)C[C@@H](c1cccs1)[C@@H](/C=C/c1cccs1)NS(=O)(=O)c1ccc(OC)cc1. The maximum atomic E-state index is 13.1. The highest BCUT2D eigenvalue weighted by Gasteiger charge is 2.29. The summed E-state index contributed by atoms with van der Waals surface area (Å²) >= 11 is 3.02. The van der Waals surface area contributed by atoms with Crippen molar-refractivity contribution in [3.8, 4) is 5.75 Å². The Morgan fingerprint density at radius 1 is 1.06 bits per heavy atom.